The van der Waals surface area contributed by atoms with E-state index in [-0.39, 0.29) is 0 Å². The molecule has 1 fully saturated rings. The Labute approximate surface area is 137 Å². The predicted octanol–water partition coefficient (Wildman–Crippen LogP) is 4.26. The molecular formula is C18H22ClNO2. The first-order chi connectivity index (χ1) is 10.8. The van der Waals surface area contributed by atoms with E-state index in [0.29, 0.717) is 6.61 Å². The number of likely N-dealkylation sites (N-methyl/N-ethyl adjacent to an activating group) is 1. The minimum atomic E-state index is 0.657. The van der Waals surface area contributed by atoms with Crippen molar-refractivity contribution < 1.29 is 9.47 Å². The summed E-state index contributed by atoms with van der Waals surface area (Å²) in [6.07, 6.45) is 0. The number of para-hydroxylation sites is 1. The molecule has 3 nitrogen and oxygen atoms in total. The maximum absolute atomic E-state index is 5.83. The summed E-state index contributed by atoms with van der Waals surface area (Å²) in [5, 5.41) is 0.729. The average molecular weight is 320 g/mol. The molecule has 0 aliphatic carbocycles. The van der Waals surface area contributed by atoms with E-state index in [2.05, 4.69) is 40.8 Å². The van der Waals surface area contributed by atoms with Crippen LogP contribution in [-0.4, -0.2) is 32.9 Å². The van der Waals surface area contributed by atoms with Crippen LogP contribution in [0.25, 0.3) is 0 Å². The van der Waals surface area contributed by atoms with E-state index >= 15 is 0 Å². The SMILES string of the molecule is C1CO1.CCN(CCOc1ccc(Cl)cc1)c1ccccc1. The molecule has 0 N–H and O–H groups in total. The molecule has 1 aliphatic rings. The van der Waals surface area contributed by atoms with Gasteiger partial charge in [0.15, 0.2) is 0 Å². The van der Waals surface area contributed by atoms with Crippen LogP contribution in [0.5, 0.6) is 5.75 Å². The van der Waals surface area contributed by atoms with Crippen molar-refractivity contribution >= 4 is 17.3 Å². The van der Waals surface area contributed by atoms with Crippen LogP contribution in [0, 0.1) is 0 Å². The van der Waals surface area contributed by atoms with E-state index in [9.17, 15) is 0 Å². The van der Waals surface area contributed by atoms with Crippen LogP contribution in [0.1, 0.15) is 6.92 Å². The molecule has 0 unspecified atom stereocenters. The molecule has 2 aromatic carbocycles. The number of hydrogen-bond donors (Lipinski definition) is 0. The number of anilines is 1. The van der Waals surface area contributed by atoms with Gasteiger partial charge in [-0.1, -0.05) is 29.8 Å². The molecule has 0 aromatic heterocycles. The minimum Gasteiger partial charge on any atom is -0.492 e. The summed E-state index contributed by atoms with van der Waals surface area (Å²) in [4.78, 5) is 2.29. The van der Waals surface area contributed by atoms with E-state index < -0.39 is 0 Å². The van der Waals surface area contributed by atoms with Gasteiger partial charge in [0.1, 0.15) is 12.4 Å². The first kappa shape index (κ1) is 16.7. The highest BCUT2D eigenvalue weighted by atomic mass is 35.5. The van der Waals surface area contributed by atoms with Gasteiger partial charge >= 0.3 is 0 Å². The van der Waals surface area contributed by atoms with Crippen LogP contribution >= 0.6 is 11.6 Å². The lowest BCUT2D eigenvalue weighted by molar-refractivity contribution is 0.324. The molecule has 0 atom stereocenters. The van der Waals surface area contributed by atoms with E-state index in [1.54, 1.807) is 0 Å². The number of rotatable bonds is 6. The molecule has 2 aromatic rings. The first-order valence-electron chi connectivity index (χ1n) is 7.55. The lowest BCUT2D eigenvalue weighted by Gasteiger charge is -2.23. The zero-order chi connectivity index (χ0) is 15.6. The molecule has 22 heavy (non-hydrogen) atoms. The maximum atomic E-state index is 5.83. The van der Waals surface area contributed by atoms with E-state index in [0.717, 1.165) is 37.1 Å². The highest BCUT2D eigenvalue weighted by molar-refractivity contribution is 6.30. The van der Waals surface area contributed by atoms with Crippen LogP contribution in [0.4, 0.5) is 5.69 Å². The van der Waals surface area contributed by atoms with Crippen molar-refractivity contribution in [3.05, 3.63) is 59.6 Å². The van der Waals surface area contributed by atoms with Gasteiger partial charge in [-0.25, -0.2) is 0 Å². The number of epoxide rings is 1. The second kappa shape index (κ2) is 9.34. The second-order valence-electron chi connectivity index (χ2n) is 4.83. The molecule has 1 aliphatic heterocycles. The molecular weight excluding hydrogens is 298 g/mol. The van der Waals surface area contributed by atoms with Crippen molar-refractivity contribution in [3.63, 3.8) is 0 Å². The second-order valence-corrected chi connectivity index (χ2v) is 5.27. The number of nitrogens with zero attached hydrogens (tertiary/aromatic N) is 1. The van der Waals surface area contributed by atoms with Crippen LogP contribution in [0.15, 0.2) is 54.6 Å². The molecule has 1 heterocycles. The van der Waals surface area contributed by atoms with Crippen molar-refractivity contribution in [2.24, 2.45) is 0 Å². The molecule has 0 saturated carbocycles. The third kappa shape index (κ3) is 6.37. The molecule has 0 amide bonds. The lowest BCUT2D eigenvalue weighted by atomic mass is 10.3. The van der Waals surface area contributed by atoms with Gasteiger partial charge in [0.05, 0.1) is 19.8 Å². The summed E-state index contributed by atoms with van der Waals surface area (Å²) >= 11 is 5.83. The Morgan fingerprint density at radius 2 is 1.68 bits per heavy atom. The average Bonchev–Trinajstić information content (AvgIpc) is 3.43. The fraction of sp³-hybridized carbons (Fsp3) is 0.333. The fourth-order valence-electron chi connectivity index (χ4n) is 1.91. The number of halogens is 1. The van der Waals surface area contributed by atoms with Crippen molar-refractivity contribution in [2.75, 3.05) is 37.8 Å². The molecule has 4 heteroatoms. The number of ether oxygens (including phenoxy) is 2. The Kier molecular flexibility index (Phi) is 7.07. The Morgan fingerprint density at radius 3 is 2.23 bits per heavy atom. The standard InChI is InChI=1S/C16H18ClNO.C2H4O/c1-2-18(15-6-4-3-5-7-15)12-13-19-16-10-8-14(17)9-11-16;1-2-3-1/h3-11H,2,12-13H2,1H3;1-2H2. The zero-order valence-electron chi connectivity index (χ0n) is 12.9. The van der Waals surface area contributed by atoms with Crippen LogP contribution in [-0.2, 0) is 4.74 Å². The Morgan fingerprint density at radius 1 is 1.05 bits per heavy atom. The summed E-state index contributed by atoms with van der Waals surface area (Å²) in [5.74, 6) is 0.855. The summed E-state index contributed by atoms with van der Waals surface area (Å²) in [7, 11) is 0. The molecule has 0 bridgehead atoms. The van der Waals surface area contributed by atoms with Gasteiger partial charge in [0.2, 0.25) is 0 Å². The Balaban J connectivity index is 0.000000523. The van der Waals surface area contributed by atoms with Gasteiger partial charge in [-0.05, 0) is 43.3 Å². The lowest BCUT2D eigenvalue weighted by Crippen LogP contribution is -2.27. The minimum absolute atomic E-state index is 0.657. The zero-order valence-corrected chi connectivity index (χ0v) is 13.6. The van der Waals surface area contributed by atoms with Crippen LogP contribution in [0.3, 0.4) is 0 Å². The molecule has 0 radical (unpaired) electrons. The maximum Gasteiger partial charge on any atom is 0.119 e. The van der Waals surface area contributed by atoms with Gasteiger partial charge in [0.25, 0.3) is 0 Å². The van der Waals surface area contributed by atoms with E-state index in [4.69, 9.17) is 16.3 Å². The Bertz CT molecular complexity index is 526. The number of benzene rings is 2. The largest absolute Gasteiger partial charge is 0.492 e. The monoisotopic (exact) mass is 319 g/mol. The summed E-state index contributed by atoms with van der Waals surface area (Å²) in [5.41, 5.74) is 1.23. The normalized spacial score (nSPS) is 12.1. The summed E-state index contributed by atoms with van der Waals surface area (Å²) < 4.78 is 10.2. The van der Waals surface area contributed by atoms with Crippen LogP contribution < -0.4 is 9.64 Å². The first-order valence-corrected chi connectivity index (χ1v) is 7.93. The highest BCUT2D eigenvalue weighted by Crippen LogP contribution is 2.16. The van der Waals surface area contributed by atoms with Gasteiger partial charge in [-0.2, -0.15) is 0 Å². The molecule has 118 valence electrons. The van der Waals surface area contributed by atoms with Gasteiger partial charge in [-0.3, -0.25) is 0 Å². The third-order valence-corrected chi connectivity index (χ3v) is 3.40. The quantitative estimate of drug-likeness (QED) is 0.744. The fourth-order valence-corrected chi connectivity index (χ4v) is 2.04. The predicted molar refractivity (Wildman–Crippen MR) is 92.1 cm³/mol. The van der Waals surface area contributed by atoms with Gasteiger partial charge in [-0.15, -0.1) is 0 Å². The number of hydrogen-bond acceptors (Lipinski definition) is 3. The van der Waals surface area contributed by atoms with Crippen molar-refractivity contribution in [1.29, 1.82) is 0 Å². The highest BCUT2D eigenvalue weighted by Gasteiger charge is 2.03. The van der Waals surface area contributed by atoms with Crippen molar-refractivity contribution in [1.82, 2.24) is 0 Å². The van der Waals surface area contributed by atoms with E-state index in [1.807, 2.05) is 30.3 Å². The molecule has 3 rings (SSSR count). The molecule has 0 spiro atoms. The van der Waals surface area contributed by atoms with E-state index in [1.165, 1.54) is 5.69 Å². The topological polar surface area (TPSA) is 25.0 Å². The smallest absolute Gasteiger partial charge is 0.119 e. The molecule has 1 saturated heterocycles. The van der Waals surface area contributed by atoms with Crippen LogP contribution in [0.2, 0.25) is 5.02 Å². The Hall–Kier alpha value is -1.71. The van der Waals surface area contributed by atoms with Crippen molar-refractivity contribution in [3.8, 4) is 5.75 Å². The van der Waals surface area contributed by atoms with Crippen molar-refractivity contribution in [2.45, 2.75) is 6.92 Å². The summed E-state index contributed by atoms with van der Waals surface area (Å²) in [6, 6.07) is 17.8. The third-order valence-electron chi connectivity index (χ3n) is 3.15. The van der Waals surface area contributed by atoms with Gasteiger partial charge < -0.3 is 14.4 Å². The summed E-state index contributed by atoms with van der Waals surface area (Å²) in [6.45, 7) is 6.64. The van der Waals surface area contributed by atoms with Gasteiger partial charge in [0, 0.05) is 17.3 Å².